The Morgan fingerprint density at radius 1 is 1.11 bits per heavy atom. The third-order valence-electron chi connectivity index (χ3n) is 3.52. The molecule has 0 atom stereocenters. The quantitative estimate of drug-likeness (QED) is 0.521. The average molecular weight is 250 g/mol. The van der Waals surface area contributed by atoms with Crippen molar-refractivity contribution in [1.82, 2.24) is 9.38 Å². The van der Waals surface area contributed by atoms with Gasteiger partial charge in [-0.15, -0.1) is 0 Å². The first-order valence-electron chi connectivity index (χ1n) is 5.99. The lowest BCUT2D eigenvalue weighted by atomic mass is 10.2. The lowest BCUT2D eigenvalue weighted by molar-refractivity contribution is 0.415. The van der Waals surface area contributed by atoms with E-state index in [-0.39, 0.29) is 5.56 Å². The van der Waals surface area contributed by atoms with Crippen molar-refractivity contribution in [3.05, 3.63) is 52.9 Å². The third kappa shape index (κ3) is 1.23. The van der Waals surface area contributed by atoms with Crippen molar-refractivity contribution in [1.29, 1.82) is 0 Å². The monoisotopic (exact) mass is 250 g/mol. The van der Waals surface area contributed by atoms with Crippen LogP contribution in [0.2, 0.25) is 0 Å². The molecular weight excluding hydrogens is 240 g/mol. The minimum atomic E-state index is -0.0475. The minimum absolute atomic E-state index is 0.0475. The predicted molar refractivity (Wildman–Crippen MR) is 74.2 cm³/mol. The number of ether oxygens (including phenoxy) is 1. The number of aromatic nitrogens is 2. The van der Waals surface area contributed by atoms with Crippen molar-refractivity contribution in [3.63, 3.8) is 0 Å². The summed E-state index contributed by atoms with van der Waals surface area (Å²) < 4.78 is 6.95. The van der Waals surface area contributed by atoms with E-state index >= 15 is 0 Å². The summed E-state index contributed by atoms with van der Waals surface area (Å²) in [5, 5.41) is 2.08. The maximum atomic E-state index is 12.2. The highest BCUT2D eigenvalue weighted by atomic mass is 16.5. The second-order valence-corrected chi connectivity index (χ2v) is 4.48. The Balaban J connectivity index is 2.41. The molecule has 19 heavy (non-hydrogen) atoms. The fraction of sp³-hybridized carbons (Fsp3) is 0.0667. The van der Waals surface area contributed by atoms with E-state index in [2.05, 4.69) is 4.98 Å². The highest BCUT2D eigenvalue weighted by Gasteiger charge is 2.13. The van der Waals surface area contributed by atoms with Gasteiger partial charge >= 0.3 is 0 Å². The molecule has 4 nitrogen and oxygen atoms in total. The number of pyridine rings is 2. The molecule has 4 aromatic rings. The Hall–Kier alpha value is -2.62. The van der Waals surface area contributed by atoms with Crippen LogP contribution in [-0.4, -0.2) is 16.5 Å². The van der Waals surface area contributed by atoms with Crippen LogP contribution < -0.4 is 10.3 Å². The van der Waals surface area contributed by atoms with Gasteiger partial charge < -0.3 is 4.74 Å². The van der Waals surface area contributed by atoms with Gasteiger partial charge in [-0.3, -0.25) is 14.2 Å². The molecule has 92 valence electrons. The molecule has 0 saturated carbocycles. The number of rotatable bonds is 1. The van der Waals surface area contributed by atoms with E-state index in [1.54, 1.807) is 29.8 Å². The number of hydrogen-bond acceptors (Lipinski definition) is 3. The zero-order chi connectivity index (χ0) is 13.0. The summed E-state index contributed by atoms with van der Waals surface area (Å²) in [6, 6.07) is 11.0. The molecule has 4 rings (SSSR count). The van der Waals surface area contributed by atoms with Gasteiger partial charge in [0.1, 0.15) is 5.75 Å². The Labute approximate surface area is 108 Å². The molecule has 0 N–H and O–H groups in total. The van der Waals surface area contributed by atoms with Crippen LogP contribution in [0.3, 0.4) is 0 Å². The fourth-order valence-electron chi connectivity index (χ4n) is 2.67. The molecule has 3 aromatic heterocycles. The van der Waals surface area contributed by atoms with Crippen molar-refractivity contribution in [2.24, 2.45) is 0 Å². The Bertz CT molecular complexity index is 972. The normalized spacial score (nSPS) is 11.6. The van der Waals surface area contributed by atoms with Crippen molar-refractivity contribution in [2.45, 2.75) is 0 Å². The third-order valence-corrected chi connectivity index (χ3v) is 3.52. The first-order chi connectivity index (χ1) is 9.29. The van der Waals surface area contributed by atoms with Crippen molar-refractivity contribution < 1.29 is 4.74 Å². The van der Waals surface area contributed by atoms with Crippen LogP contribution in [0.5, 0.6) is 5.75 Å². The molecule has 0 spiro atoms. The average Bonchev–Trinajstić information content (AvgIpc) is 2.79. The summed E-state index contributed by atoms with van der Waals surface area (Å²) in [6.45, 7) is 0. The lowest BCUT2D eigenvalue weighted by Gasteiger charge is -2.00. The Morgan fingerprint density at radius 3 is 2.84 bits per heavy atom. The van der Waals surface area contributed by atoms with Gasteiger partial charge in [-0.1, -0.05) is 0 Å². The molecule has 0 bridgehead atoms. The Kier molecular flexibility index (Phi) is 1.87. The maximum Gasteiger partial charge on any atom is 0.255 e. The summed E-state index contributed by atoms with van der Waals surface area (Å²) in [5.41, 5.74) is 2.51. The number of nitrogens with zero attached hydrogens (tertiary/aromatic N) is 2. The minimum Gasteiger partial charge on any atom is -0.497 e. The second-order valence-electron chi connectivity index (χ2n) is 4.48. The van der Waals surface area contributed by atoms with E-state index in [4.69, 9.17) is 4.74 Å². The molecule has 0 unspecified atom stereocenters. The van der Waals surface area contributed by atoms with E-state index < -0.39 is 0 Å². The number of benzene rings is 1. The second kappa shape index (κ2) is 3.45. The van der Waals surface area contributed by atoms with E-state index in [1.807, 2.05) is 24.3 Å². The molecule has 0 fully saturated rings. The van der Waals surface area contributed by atoms with Crippen LogP contribution in [-0.2, 0) is 0 Å². The van der Waals surface area contributed by atoms with Crippen LogP contribution in [0.1, 0.15) is 0 Å². The maximum absolute atomic E-state index is 12.2. The van der Waals surface area contributed by atoms with Crippen molar-refractivity contribution >= 4 is 27.3 Å². The molecule has 1 aromatic carbocycles. The molecular formula is C15H10N2O2. The van der Waals surface area contributed by atoms with Gasteiger partial charge in [-0.25, -0.2) is 0 Å². The molecule has 3 heterocycles. The zero-order valence-electron chi connectivity index (χ0n) is 10.3. The SMILES string of the molecule is COc1ccc2c3ccnc4ccc(=O)n(c2c1)c43. The number of fused-ring (bicyclic) bond motifs is 3. The van der Waals surface area contributed by atoms with Crippen LogP contribution >= 0.6 is 0 Å². The predicted octanol–water partition coefficient (Wildman–Crippen LogP) is 2.45. The highest BCUT2D eigenvalue weighted by Crippen LogP contribution is 2.31. The Morgan fingerprint density at radius 2 is 2.00 bits per heavy atom. The molecule has 0 saturated heterocycles. The number of methoxy groups -OCH3 is 1. The van der Waals surface area contributed by atoms with E-state index in [0.717, 1.165) is 33.1 Å². The first kappa shape index (κ1) is 10.3. The summed E-state index contributed by atoms with van der Waals surface area (Å²) in [7, 11) is 1.62. The summed E-state index contributed by atoms with van der Waals surface area (Å²) in [6.07, 6.45) is 1.77. The van der Waals surface area contributed by atoms with Gasteiger partial charge in [-0.2, -0.15) is 0 Å². The molecule has 0 aliphatic heterocycles. The summed E-state index contributed by atoms with van der Waals surface area (Å²) >= 11 is 0. The van der Waals surface area contributed by atoms with Crippen molar-refractivity contribution in [2.75, 3.05) is 7.11 Å². The highest BCUT2D eigenvalue weighted by molar-refractivity contribution is 6.12. The van der Waals surface area contributed by atoms with Gasteiger partial charge in [0.25, 0.3) is 5.56 Å². The molecule has 0 radical (unpaired) electrons. The van der Waals surface area contributed by atoms with Crippen LogP contribution in [0.4, 0.5) is 0 Å². The first-order valence-corrected chi connectivity index (χ1v) is 5.99. The van der Waals surface area contributed by atoms with E-state index in [1.165, 1.54) is 0 Å². The topological polar surface area (TPSA) is 43.6 Å². The largest absolute Gasteiger partial charge is 0.497 e. The standard InChI is InChI=1S/C15H10N2O2/c1-19-9-2-3-10-11-6-7-16-12-4-5-14(18)17(15(11)12)13(10)8-9/h2-8H,1H3. The van der Waals surface area contributed by atoms with E-state index in [9.17, 15) is 4.79 Å². The zero-order valence-corrected chi connectivity index (χ0v) is 10.3. The van der Waals surface area contributed by atoms with Gasteiger partial charge in [0, 0.05) is 29.1 Å². The fourth-order valence-corrected chi connectivity index (χ4v) is 2.67. The molecule has 0 amide bonds. The molecule has 0 aliphatic carbocycles. The van der Waals surface area contributed by atoms with Gasteiger partial charge in [-0.05, 0) is 24.3 Å². The van der Waals surface area contributed by atoms with E-state index in [0.29, 0.717) is 0 Å². The van der Waals surface area contributed by atoms with Crippen LogP contribution in [0, 0.1) is 0 Å². The van der Waals surface area contributed by atoms with Gasteiger partial charge in [0.05, 0.1) is 23.7 Å². The summed E-state index contributed by atoms with van der Waals surface area (Å²) in [5.74, 6) is 0.739. The number of hydrogen-bond donors (Lipinski definition) is 0. The van der Waals surface area contributed by atoms with Crippen molar-refractivity contribution in [3.8, 4) is 5.75 Å². The molecule has 4 heteroatoms. The lowest BCUT2D eigenvalue weighted by Crippen LogP contribution is -2.10. The van der Waals surface area contributed by atoms with Gasteiger partial charge in [0.2, 0.25) is 0 Å². The molecule has 0 aliphatic rings. The smallest absolute Gasteiger partial charge is 0.255 e. The van der Waals surface area contributed by atoms with Crippen LogP contribution in [0.15, 0.2) is 47.4 Å². The summed E-state index contributed by atoms with van der Waals surface area (Å²) in [4.78, 5) is 16.5. The van der Waals surface area contributed by atoms with Gasteiger partial charge in [0.15, 0.2) is 0 Å². The van der Waals surface area contributed by atoms with Crippen LogP contribution in [0.25, 0.3) is 27.3 Å².